The molecule has 4 heteroatoms. The van der Waals surface area contributed by atoms with Gasteiger partial charge in [-0.15, -0.1) is 0 Å². The maximum atomic E-state index is 12.1. The largest absolute Gasteiger partial charge is 0.415 e. The molecular weight excluding hydrogens is 252 g/mol. The lowest BCUT2D eigenvalue weighted by Crippen LogP contribution is -2.48. The van der Waals surface area contributed by atoms with Crippen LogP contribution in [0.15, 0.2) is 24.3 Å². The highest BCUT2D eigenvalue weighted by Crippen LogP contribution is 2.25. The maximum Gasteiger partial charge on any atom is 0.415 e. The molecule has 110 valence electrons. The molecule has 0 saturated carbocycles. The number of rotatable bonds is 1. The van der Waals surface area contributed by atoms with Gasteiger partial charge in [-0.2, -0.15) is 0 Å². The summed E-state index contributed by atoms with van der Waals surface area (Å²) in [5, 5.41) is 0. The third-order valence-electron chi connectivity index (χ3n) is 3.67. The number of nitrogens with zero attached hydrogens (tertiary/aromatic N) is 2. The molecule has 0 aromatic heterocycles. The van der Waals surface area contributed by atoms with Crippen molar-refractivity contribution < 1.29 is 9.53 Å². The van der Waals surface area contributed by atoms with Gasteiger partial charge in [-0.05, 0) is 30.2 Å². The number of likely N-dealkylation sites (N-methyl/N-ethyl adjacent to an activating group) is 1. The van der Waals surface area contributed by atoms with Gasteiger partial charge < -0.3 is 14.5 Å². The zero-order chi connectivity index (χ0) is 14.8. The molecule has 1 saturated heterocycles. The molecule has 4 nitrogen and oxygen atoms in total. The number of amides is 1. The Hall–Kier alpha value is -1.55. The van der Waals surface area contributed by atoms with Crippen LogP contribution in [0.5, 0.6) is 5.75 Å². The van der Waals surface area contributed by atoms with Gasteiger partial charge in [0.2, 0.25) is 0 Å². The van der Waals surface area contributed by atoms with E-state index in [1.165, 1.54) is 5.56 Å². The fourth-order valence-electron chi connectivity index (χ4n) is 2.18. The molecule has 0 unspecified atom stereocenters. The molecule has 0 aliphatic carbocycles. The van der Waals surface area contributed by atoms with Crippen LogP contribution in [0.1, 0.15) is 26.3 Å². The monoisotopic (exact) mass is 276 g/mol. The number of benzene rings is 1. The van der Waals surface area contributed by atoms with Gasteiger partial charge >= 0.3 is 6.09 Å². The van der Waals surface area contributed by atoms with E-state index >= 15 is 0 Å². The Bertz CT molecular complexity index is 472. The van der Waals surface area contributed by atoms with Crippen molar-refractivity contribution >= 4 is 6.09 Å². The Morgan fingerprint density at radius 3 is 2.40 bits per heavy atom. The lowest BCUT2D eigenvalue weighted by Gasteiger charge is -2.31. The third kappa shape index (κ3) is 3.73. The number of carbonyl (C=O) groups is 1. The zero-order valence-electron chi connectivity index (χ0n) is 12.8. The first-order valence-corrected chi connectivity index (χ1v) is 7.12. The first kappa shape index (κ1) is 14.9. The Balaban J connectivity index is 2.01. The minimum absolute atomic E-state index is 0.0518. The van der Waals surface area contributed by atoms with Crippen molar-refractivity contribution in [3.63, 3.8) is 0 Å². The normalized spacial score (nSPS) is 17.1. The first-order chi connectivity index (χ1) is 9.36. The molecular formula is C16H24N2O2. The van der Waals surface area contributed by atoms with Crippen LogP contribution in [0, 0.1) is 0 Å². The summed E-state index contributed by atoms with van der Waals surface area (Å²) in [6, 6.07) is 7.79. The third-order valence-corrected chi connectivity index (χ3v) is 3.67. The summed E-state index contributed by atoms with van der Waals surface area (Å²) in [4.78, 5) is 16.1. The number of hydrogen-bond donors (Lipinski definition) is 0. The summed E-state index contributed by atoms with van der Waals surface area (Å²) < 4.78 is 5.49. The molecule has 1 aliphatic rings. The molecule has 0 atom stereocenters. The van der Waals surface area contributed by atoms with Crippen molar-refractivity contribution in [2.24, 2.45) is 0 Å². The fraction of sp³-hybridized carbons (Fsp3) is 0.562. The average Bonchev–Trinajstić information content (AvgIpc) is 2.38. The lowest BCUT2D eigenvalue weighted by atomic mass is 9.87. The Morgan fingerprint density at radius 2 is 1.80 bits per heavy atom. The smallest absolute Gasteiger partial charge is 0.410 e. The van der Waals surface area contributed by atoms with Crippen molar-refractivity contribution in [1.82, 2.24) is 9.80 Å². The van der Waals surface area contributed by atoms with Gasteiger partial charge in [-0.1, -0.05) is 32.9 Å². The second kappa shape index (κ2) is 5.83. The van der Waals surface area contributed by atoms with E-state index in [9.17, 15) is 4.79 Å². The van der Waals surface area contributed by atoms with Gasteiger partial charge in [-0.3, -0.25) is 0 Å². The standard InChI is InChI=1S/C16H24N2O2/c1-16(2,3)13-6-5-7-14(12-13)20-15(19)18-10-8-17(4)9-11-18/h5-7,12H,8-11H2,1-4H3. The second-order valence-electron chi connectivity index (χ2n) is 6.44. The van der Waals surface area contributed by atoms with Gasteiger partial charge in [0.25, 0.3) is 0 Å². The van der Waals surface area contributed by atoms with Crippen LogP contribution in [0.25, 0.3) is 0 Å². The van der Waals surface area contributed by atoms with E-state index in [2.05, 4.69) is 38.8 Å². The predicted molar refractivity (Wildman–Crippen MR) is 80.2 cm³/mol. The van der Waals surface area contributed by atoms with E-state index in [4.69, 9.17) is 4.74 Å². The number of ether oxygens (including phenoxy) is 1. The Kier molecular flexibility index (Phi) is 4.33. The van der Waals surface area contributed by atoms with Gasteiger partial charge in [0.05, 0.1) is 0 Å². The molecule has 1 aromatic carbocycles. The minimum Gasteiger partial charge on any atom is -0.410 e. The second-order valence-corrected chi connectivity index (χ2v) is 6.44. The van der Waals surface area contributed by atoms with Crippen molar-refractivity contribution in [2.45, 2.75) is 26.2 Å². The number of hydrogen-bond acceptors (Lipinski definition) is 3. The molecule has 1 heterocycles. The van der Waals surface area contributed by atoms with E-state index in [1.54, 1.807) is 4.90 Å². The topological polar surface area (TPSA) is 32.8 Å². The van der Waals surface area contributed by atoms with Crippen molar-refractivity contribution in [1.29, 1.82) is 0 Å². The SMILES string of the molecule is CN1CCN(C(=O)Oc2cccc(C(C)(C)C)c2)CC1. The Labute approximate surface area is 121 Å². The minimum atomic E-state index is -0.246. The highest BCUT2D eigenvalue weighted by molar-refractivity contribution is 5.70. The van der Waals surface area contributed by atoms with E-state index in [0.29, 0.717) is 5.75 Å². The van der Waals surface area contributed by atoms with Gasteiger partial charge in [-0.25, -0.2) is 4.79 Å². The molecule has 0 N–H and O–H groups in total. The van der Waals surface area contributed by atoms with Crippen LogP contribution >= 0.6 is 0 Å². The molecule has 0 spiro atoms. The van der Waals surface area contributed by atoms with Crippen molar-refractivity contribution in [2.75, 3.05) is 33.2 Å². The van der Waals surface area contributed by atoms with Gasteiger partial charge in [0.1, 0.15) is 5.75 Å². The summed E-state index contributed by atoms with van der Waals surface area (Å²) in [5.41, 5.74) is 1.22. The van der Waals surface area contributed by atoms with Gasteiger partial charge in [0, 0.05) is 26.2 Å². The molecule has 0 bridgehead atoms. The van der Waals surface area contributed by atoms with Crippen LogP contribution in [-0.4, -0.2) is 49.1 Å². The van der Waals surface area contributed by atoms with E-state index in [-0.39, 0.29) is 11.5 Å². The summed E-state index contributed by atoms with van der Waals surface area (Å²) in [7, 11) is 2.06. The number of piperazine rings is 1. The Morgan fingerprint density at radius 1 is 1.15 bits per heavy atom. The van der Waals surface area contributed by atoms with Crippen LogP contribution in [0.4, 0.5) is 4.79 Å². The fourth-order valence-corrected chi connectivity index (χ4v) is 2.18. The average molecular weight is 276 g/mol. The highest BCUT2D eigenvalue weighted by atomic mass is 16.6. The summed E-state index contributed by atoms with van der Waals surface area (Å²) in [6.07, 6.45) is -0.246. The van der Waals surface area contributed by atoms with Crippen molar-refractivity contribution in [3.05, 3.63) is 29.8 Å². The van der Waals surface area contributed by atoms with E-state index in [1.807, 2.05) is 18.2 Å². The van der Waals surface area contributed by atoms with Crippen LogP contribution < -0.4 is 4.74 Å². The summed E-state index contributed by atoms with van der Waals surface area (Å²) in [5.74, 6) is 0.626. The quantitative estimate of drug-likeness (QED) is 0.790. The number of carbonyl (C=O) groups excluding carboxylic acids is 1. The predicted octanol–water partition coefficient (Wildman–Crippen LogP) is 2.73. The van der Waals surface area contributed by atoms with Crippen LogP contribution in [-0.2, 0) is 5.41 Å². The molecule has 1 fully saturated rings. The summed E-state index contributed by atoms with van der Waals surface area (Å²) in [6.45, 7) is 9.70. The van der Waals surface area contributed by atoms with Crippen molar-refractivity contribution in [3.8, 4) is 5.75 Å². The first-order valence-electron chi connectivity index (χ1n) is 7.12. The molecule has 20 heavy (non-hydrogen) atoms. The maximum absolute atomic E-state index is 12.1. The van der Waals surface area contributed by atoms with Crippen LogP contribution in [0.2, 0.25) is 0 Å². The van der Waals surface area contributed by atoms with E-state index in [0.717, 1.165) is 26.2 Å². The lowest BCUT2D eigenvalue weighted by molar-refractivity contribution is 0.120. The molecule has 2 rings (SSSR count). The van der Waals surface area contributed by atoms with Gasteiger partial charge in [0.15, 0.2) is 0 Å². The summed E-state index contributed by atoms with van der Waals surface area (Å²) >= 11 is 0. The molecule has 1 amide bonds. The zero-order valence-corrected chi connectivity index (χ0v) is 12.8. The molecule has 1 aromatic rings. The molecule has 0 radical (unpaired) electrons. The van der Waals surface area contributed by atoms with E-state index < -0.39 is 0 Å². The molecule has 1 aliphatic heterocycles. The van der Waals surface area contributed by atoms with Crippen LogP contribution in [0.3, 0.4) is 0 Å². The highest BCUT2D eigenvalue weighted by Gasteiger charge is 2.21.